The molecular formula is C11H23O. The van der Waals surface area contributed by atoms with E-state index in [1.807, 2.05) is 6.61 Å². The molecule has 0 aromatic carbocycles. The van der Waals surface area contributed by atoms with E-state index in [1.54, 1.807) is 0 Å². The Bertz CT molecular complexity index is 91.7. The predicted molar refractivity (Wildman–Crippen MR) is 53.8 cm³/mol. The quantitative estimate of drug-likeness (QED) is 0.552. The van der Waals surface area contributed by atoms with Crippen LogP contribution in [0.3, 0.4) is 0 Å². The van der Waals surface area contributed by atoms with E-state index in [0.717, 1.165) is 6.61 Å². The lowest BCUT2D eigenvalue weighted by Crippen LogP contribution is -2.08. The van der Waals surface area contributed by atoms with E-state index >= 15 is 0 Å². The van der Waals surface area contributed by atoms with Gasteiger partial charge >= 0.3 is 0 Å². The van der Waals surface area contributed by atoms with Gasteiger partial charge in [0.2, 0.25) is 0 Å². The lowest BCUT2D eigenvalue weighted by Gasteiger charge is -2.16. The molecule has 0 aliphatic rings. The molecule has 0 aliphatic carbocycles. The maximum absolute atomic E-state index is 5.42. The standard InChI is InChI=1S/C11H23O/c1-5-6-7-8-9-12-10-11(2,3)4/h10H,5-9H2,1-4H3. The van der Waals surface area contributed by atoms with Crippen molar-refractivity contribution in [2.45, 2.75) is 53.4 Å². The molecule has 0 saturated carbocycles. The summed E-state index contributed by atoms with van der Waals surface area (Å²) < 4.78 is 5.42. The van der Waals surface area contributed by atoms with Gasteiger partial charge in [-0.3, -0.25) is 0 Å². The molecule has 0 N–H and O–H groups in total. The summed E-state index contributed by atoms with van der Waals surface area (Å²) in [5.41, 5.74) is 0.199. The van der Waals surface area contributed by atoms with Crippen molar-refractivity contribution in [1.82, 2.24) is 0 Å². The van der Waals surface area contributed by atoms with Gasteiger partial charge in [0.05, 0.1) is 6.61 Å². The van der Waals surface area contributed by atoms with Crippen molar-refractivity contribution in [1.29, 1.82) is 0 Å². The zero-order chi connectivity index (χ0) is 9.45. The molecule has 0 amide bonds. The van der Waals surface area contributed by atoms with Gasteiger partial charge in [-0.15, -0.1) is 0 Å². The van der Waals surface area contributed by atoms with Gasteiger partial charge < -0.3 is 4.74 Å². The summed E-state index contributed by atoms with van der Waals surface area (Å²) in [7, 11) is 0. The third-order valence-corrected chi connectivity index (χ3v) is 1.55. The van der Waals surface area contributed by atoms with Crippen LogP contribution in [0.25, 0.3) is 0 Å². The van der Waals surface area contributed by atoms with Crippen molar-refractivity contribution in [2.24, 2.45) is 5.41 Å². The minimum Gasteiger partial charge on any atom is -0.375 e. The zero-order valence-corrected chi connectivity index (χ0v) is 9.02. The van der Waals surface area contributed by atoms with E-state index < -0.39 is 0 Å². The summed E-state index contributed by atoms with van der Waals surface area (Å²) in [6.45, 7) is 11.5. The van der Waals surface area contributed by atoms with Crippen molar-refractivity contribution in [2.75, 3.05) is 6.61 Å². The number of ether oxygens (including phenoxy) is 1. The topological polar surface area (TPSA) is 9.23 Å². The average molecular weight is 171 g/mol. The zero-order valence-electron chi connectivity index (χ0n) is 9.02. The van der Waals surface area contributed by atoms with Gasteiger partial charge in [0, 0.05) is 6.61 Å². The second kappa shape index (κ2) is 6.47. The minimum absolute atomic E-state index is 0.199. The van der Waals surface area contributed by atoms with Gasteiger partial charge in [-0.05, 0) is 11.8 Å². The number of hydrogen-bond donors (Lipinski definition) is 0. The van der Waals surface area contributed by atoms with Crippen molar-refractivity contribution in [3.05, 3.63) is 6.61 Å². The fourth-order valence-corrected chi connectivity index (χ4v) is 0.921. The fourth-order valence-electron chi connectivity index (χ4n) is 0.921. The van der Waals surface area contributed by atoms with E-state index in [2.05, 4.69) is 27.7 Å². The molecule has 12 heavy (non-hydrogen) atoms. The molecule has 0 saturated heterocycles. The number of rotatable bonds is 6. The Balaban J connectivity index is 3.01. The minimum atomic E-state index is 0.199. The van der Waals surface area contributed by atoms with Crippen molar-refractivity contribution in [3.8, 4) is 0 Å². The Labute approximate surface area is 77.5 Å². The Morgan fingerprint density at radius 3 is 2.25 bits per heavy atom. The molecule has 0 heterocycles. The molecule has 0 spiro atoms. The molecule has 1 radical (unpaired) electrons. The van der Waals surface area contributed by atoms with Gasteiger partial charge in [0.1, 0.15) is 0 Å². The van der Waals surface area contributed by atoms with Crippen LogP contribution in [-0.2, 0) is 4.74 Å². The fraction of sp³-hybridized carbons (Fsp3) is 0.909. The van der Waals surface area contributed by atoms with E-state index in [9.17, 15) is 0 Å². The van der Waals surface area contributed by atoms with Gasteiger partial charge in [-0.2, -0.15) is 0 Å². The van der Waals surface area contributed by atoms with Crippen LogP contribution in [0, 0.1) is 12.0 Å². The SMILES string of the molecule is CCCCCCO[CH]C(C)(C)C. The van der Waals surface area contributed by atoms with Crippen LogP contribution in [0.15, 0.2) is 0 Å². The molecule has 1 nitrogen and oxygen atoms in total. The molecular weight excluding hydrogens is 148 g/mol. The molecule has 0 unspecified atom stereocenters. The van der Waals surface area contributed by atoms with Crippen LogP contribution in [0.2, 0.25) is 0 Å². The van der Waals surface area contributed by atoms with E-state index in [4.69, 9.17) is 4.74 Å². The molecule has 0 aliphatic heterocycles. The molecule has 0 fully saturated rings. The van der Waals surface area contributed by atoms with Gasteiger partial charge in [-0.25, -0.2) is 0 Å². The Morgan fingerprint density at radius 2 is 1.75 bits per heavy atom. The molecule has 0 aromatic rings. The molecule has 0 rings (SSSR count). The first-order valence-electron chi connectivity index (χ1n) is 5.02. The highest BCUT2D eigenvalue weighted by atomic mass is 16.5. The number of hydrogen-bond acceptors (Lipinski definition) is 1. The molecule has 0 atom stereocenters. The highest BCUT2D eigenvalue weighted by molar-refractivity contribution is 4.70. The summed E-state index contributed by atoms with van der Waals surface area (Å²) in [5, 5.41) is 0. The second-order valence-corrected chi connectivity index (χ2v) is 4.42. The second-order valence-electron chi connectivity index (χ2n) is 4.42. The van der Waals surface area contributed by atoms with Crippen LogP contribution in [0.1, 0.15) is 53.4 Å². The van der Waals surface area contributed by atoms with Crippen molar-refractivity contribution >= 4 is 0 Å². The van der Waals surface area contributed by atoms with Gasteiger partial charge in [-0.1, -0.05) is 47.0 Å². The summed E-state index contributed by atoms with van der Waals surface area (Å²) >= 11 is 0. The van der Waals surface area contributed by atoms with Crippen LogP contribution in [-0.4, -0.2) is 6.61 Å². The Morgan fingerprint density at radius 1 is 1.08 bits per heavy atom. The molecule has 0 aromatic heterocycles. The number of unbranched alkanes of at least 4 members (excludes halogenated alkanes) is 3. The summed E-state index contributed by atoms with van der Waals surface area (Å²) in [6, 6.07) is 0. The van der Waals surface area contributed by atoms with Crippen LogP contribution in [0.4, 0.5) is 0 Å². The van der Waals surface area contributed by atoms with Crippen molar-refractivity contribution in [3.63, 3.8) is 0 Å². The normalized spacial score (nSPS) is 12.0. The monoisotopic (exact) mass is 171 g/mol. The highest BCUT2D eigenvalue weighted by Gasteiger charge is 2.09. The predicted octanol–water partition coefficient (Wildman–Crippen LogP) is 3.79. The third-order valence-electron chi connectivity index (χ3n) is 1.55. The summed E-state index contributed by atoms with van der Waals surface area (Å²) in [6.07, 6.45) is 5.12. The largest absolute Gasteiger partial charge is 0.375 e. The third kappa shape index (κ3) is 9.96. The molecule has 1 heteroatoms. The van der Waals surface area contributed by atoms with E-state index in [1.165, 1.54) is 25.7 Å². The van der Waals surface area contributed by atoms with Gasteiger partial charge in [0.15, 0.2) is 0 Å². The Kier molecular flexibility index (Phi) is 6.45. The Hall–Kier alpha value is -0.0400. The average Bonchev–Trinajstić information content (AvgIpc) is 1.94. The summed E-state index contributed by atoms with van der Waals surface area (Å²) in [4.78, 5) is 0. The maximum atomic E-state index is 5.42. The first-order chi connectivity index (χ1) is 5.56. The highest BCUT2D eigenvalue weighted by Crippen LogP contribution is 2.17. The van der Waals surface area contributed by atoms with Gasteiger partial charge in [0.25, 0.3) is 0 Å². The molecule has 0 bridgehead atoms. The summed E-state index contributed by atoms with van der Waals surface area (Å²) in [5.74, 6) is 0. The maximum Gasteiger partial charge on any atom is 0.0889 e. The van der Waals surface area contributed by atoms with Crippen LogP contribution in [0.5, 0.6) is 0 Å². The smallest absolute Gasteiger partial charge is 0.0889 e. The van der Waals surface area contributed by atoms with E-state index in [0.29, 0.717) is 0 Å². The first kappa shape index (κ1) is 12.0. The lowest BCUT2D eigenvalue weighted by atomic mass is 9.99. The van der Waals surface area contributed by atoms with Crippen LogP contribution < -0.4 is 0 Å². The van der Waals surface area contributed by atoms with E-state index in [-0.39, 0.29) is 5.41 Å². The lowest BCUT2D eigenvalue weighted by molar-refractivity contribution is 0.135. The van der Waals surface area contributed by atoms with Crippen LogP contribution >= 0.6 is 0 Å². The first-order valence-corrected chi connectivity index (χ1v) is 5.02. The van der Waals surface area contributed by atoms with Crippen molar-refractivity contribution < 1.29 is 4.74 Å². The molecule has 73 valence electrons.